The molecular formula is C38H32N2O. The Labute approximate surface area is 242 Å². The molecule has 5 aromatic carbocycles. The molecule has 0 fully saturated rings. The smallest absolute Gasteiger partial charge is 0.160 e. The van der Waals surface area contributed by atoms with Gasteiger partial charge >= 0.3 is 0 Å². The van der Waals surface area contributed by atoms with Gasteiger partial charge in [-0.1, -0.05) is 98.1 Å². The summed E-state index contributed by atoms with van der Waals surface area (Å²) in [6.07, 6.45) is 5.54. The molecule has 0 N–H and O–H groups in total. The van der Waals surface area contributed by atoms with Crippen LogP contribution in [0.3, 0.4) is 0 Å². The van der Waals surface area contributed by atoms with Crippen LogP contribution in [0.5, 0.6) is 0 Å². The number of allylic oxidation sites excluding steroid dienone is 3. The van der Waals surface area contributed by atoms with E-state index >= 15 is 0 Å². The summed E-state index contributed by atoms with van der Waals surface area (Å²) in [5.74, 6) is 0.0220. The second-order valence-corrected chi connectivity index (χ2v) is 9.55. The lowest BCUT2D eigenvalue weighted by atomic mass is 9.96. The largest absolute Gasteiger partial charge is 0.310 e. The highest BCUT2D eigenvalue weighted by atomic mass is 16.1. The third-order valence-electron chi connectivity index (χ3n) is 6.84. The molecule has 0 heterocycles. The van der Waals surface area contributed by atoms with Crippen molar-refractivity contribution < 1.29 is 4.79 Å². The van der Waals surface area contributed by atoms with Gasteiger partial charge in [0.15, 0.2) is 5.78 Å². The number of benzene rings is 5. The van der Waals surface area contributed by atoms with Crippen molar-refractivity contribution in [1.29, 1.82) is 0 Å². The van der Waals surface area contributed by atoms with E-state index in [1.54, 1.807) is 13.0 Å². The van der Waals surface area contributed by atoms with Gasteiger partial charge < -0.3 is 9.80 Å². The van der Waals surface area contributed by atoms with Crippen molar-refractivity contribution in [2.75, 3.05) is 9.80 Å². The van der Waals surface area contributed by atoms with Gasteiger partial charge in [-0.2, -0.15) is 0 Å². The lowest BCUT2D eigenvalue weighted by Crippen LogP contribution is -2.16. The summed E-state index contributed by atoms with van der Waals surface area (Å²) in [6.45, 7) is 9.67. The van der Waals surface area contributed by atoms with E-state index in [4.69, 9.17) is 0 Å². The Morgan fingerprint density at radius 3 is 1.66 bits per heavy atom. The van der Waals surface area contributed by atoms with Gasteiger partial charge in [-0.3, -0.25) is 4.79 Å². The maximum atomic E-state index is 12.7. The predicted octanol–water partition coefficient (Wildman–Crippen LogP) is 10.4. The molecule has 0 unspecified atom stereocenters. The van der Waals surface area contributed by atoms with E-state index in [2.05, 4.69) is 77.6 Å². The molecule has 0 aliphatic rings. The average Bonchev–Trinajstić information content (AvgIpc) is 3.02. The SMILES string of the molecule is C=C/C=C(\C=C)N(c1ccccc1)c1cc(-c2ccccc2C(C)=O)cc(N(c2ccccc2)c2ccccc2)c1. The number of hydrogen-bond donors (Lipinski definition) is 0. The molecule has 5 aromatic rings. The molecule has 0 aromatic heterocycles. The van der Waals surface area contributed by atoms with Crippen molar-refractivity contribution in [1.82, 2.24) is 0 Å². The van der Waals surface area contributed by atoms with Crippen LogP contribution in [0.15, 0.2) is 171 Å². The van der Waals surface area contributed by atoms with Crippen molar-refractivity contribution in [2.45, 2.75) is 6.92 Å². The first kappa shape index (κ1) is 27.2. The molecule has 0 saturated carbocycles. The molecule has 200 valence electrons. The topological polar surface area (TPSA) is 23.6 Å². The molecule has 0 saturated heterocycles. The molecule has 0 radical (unpaired) electrons. The van der Waals surface area contributed by atoms with Gasteiger partial charge in [-0.15, -0.1) is 0 Å². The molecule has 0 spiro atoms. The number of nitrogens with zero attached hydrogens (tertiary/aromatic N) is 2. The van der Waals surface area contributed by atoms with Gasteiger partial charge in [0.25, 0.3) is 0 Å². The zero-order valence-corrected chi connectivity index (χ0v) is 23.2. The van der Waals surface area contributed by atoms with E-state index in [1.165, 1.54) is 0 Å². The Morgan fingerprint density at radius 2 is 1.12 bits per heavy atom. The summed E-state index contributed by atoms with van der Waals surface area (Å²) >= 11 is 0. The molecule has 3 heteroatoms. The van der Waals surface area contributed by atoms with E-state index in [-0.39, 0.29) is 5.78 Å². The number of carbonyl (C=O) groups excluding carboxylic acids is 1. The van der Waals surface area contributed by atoms with Crippen LogP contribution in [-0.2, 0) is 0 Å². The van der Waals surface area contributed by atoms with Crippen molar-refractivity contribution in [3.05, 3.63) is 176 Å². The van der Waals surface area contributed by atoms with Gasteiger partial charge in [-0.05, 0) is 84.8 Å². The summed E-state index contributed by atoms with van der Waals surface area (Å²) in [4.78, 5) is 17.1. The monoisotopic (exact) mass is 532 g/mol. The summed E-state index contributed by atoms with van der Waals surface area (Å²) in [7, 11) is 0. The highest BCUT2D eigenvalue weighted by Gasteiger charge is 2.20. The molecule has 0 bridgehead atoms. The zero-order chi connectivity index (χ0) is 28.6. The second-order valence-electron chi connectivity index (χ2n) is 9.55. The number of Topliss-reactive ketones (excluding diaryl/α,β-unsaturated/α-hetero) is 1. The van der Waals surface area contributed by atoms with Gasteiger partial charge in [0, 0.05) is 39.7 Å². The van der Waals surface area contributed by atoms with Gasteiger partial charge in [0.05, 0.1) is 0 Å². The highest BCUT2D eigenvalue weighted by Crippen LogP contribution is 2.42. The minimum atomic E-state index is 0.0220. The Balaban J connectivity index is 1.84. The van der Waals surface area contributed by atoms with E-state index in [1.807, 2.05) is 91.0 Å². The first-order valence-electron chi connectivity index (χ1n) is 13.6. The third-order valence-corrected chi connectivity index (χ3v) is 6.84. The van der Waals surface area contributed by atoms with E-state index in [9.17, 15) is 4.79 Å². The van der Waals surface area contributed by atoms with Crippen LogP contribution in [0.4, 0.5) is 28.4 Å². The predicted molar refractivity (Wildman–Crippen MR) is 174 cm³/mol. The average molecular weight is 533 g/mol. The normalized spacial score (nSPS) is 11.0. The highest BCUT2D eigenvalue weighted by molar-refractivity contribution is 6.01. The molecule has 0 atom stereocenters. The molecule has 41 heavy (non-hydrogen) atoms. The fourth-order valence-electron chi connectivity index (χ4n) is 5.03. The maximum absolute atomic E-state index is 12.7. The number of rotatable bonds is 10. The minimum absolute atomic E-state index is 0.0220. The van der Waals surface area contributed by atoms with E-state index < -0.39 is 0 Å². The summed E-state index contributed by atoms with van der Waals surface area (Å²) < 4.78 is 0. The van der Waals surface area contributed by atoms with Crippen molar-refractivity contribution >= 4 is 34.2 Å². The Kier molecular flexibility index (Phi) is 8.37. The van der Waals surface area contributed by atoms with E-state index in [0.717, 1.165) is 45.3 Å². The van der Waals surface area contributed by atoms with Crippen molar-refractivity contribution in [3.8, 4) is 11.1 Å². The number of hydrogen-bond acceptors (Lipinski definition) is 3. The lowest BCUT2D eigenvalue weighted by molar-refractivity contribution is 0.101. The van der Waals surface area contributed by atoms with Crippen LogP contribution in [0.25, 0.3) is 11.1 Å². The van der Waals surface area contributed by atoms with Crippen LogP contribution in [0, 0.1) is 0 Å². The van der Waals surface area contributed by atoms with Gasteiger partial charge in [0.2, 0.25) is 0 Å². The van der Waals surface area contributed by atoms with Crippen LogP contribution < -0.4 is 9.80 Å². The van der Waals surface area contributed by atoms with Crippen LogP contribution >= 0.6 is 0 Å². The fraction of sp³-hybridized carbons (Fsp3) is 0.0263. The number of carbonyl (C=O) groups is 1. The summed E-state index contributed by atoms with van der Waals surface area (Å²) in [6, 6.07) is 45.0. The van der Waals surface area contributed by atoms with Gasteiger partial charge in [0.1, 0.15) is 0 Å². The molecule has 0 amide bonds. The quantitative estimate of drug-likeness (QED) is 0.132. The molecule has 3 nitrogen and oxygen atoms in total. The van der Waals surface area contributed by atoms with E-state index in [0.29, 0.717) is 5.56 Å². The van der Waals surface area contributed by atoms with Crippen LogP contribution in [0.2, 0.25) is 0 Å². The molecular weight excluding hydrogens is 500 g/mol. The minimum Gasteiger partial charge on any atom is -0.310 e. The summed E-state index contributed by atoms with van der Waals surface area (Å²) in [5, 5.41) is 0. The van der Waals surface area contributed by atoms with Crippen molar-refractivity contribution in [2.24, 2.45) is 0 Å². The standard InChI is InChI=1S/C38H32N2O/c1-4-17-31(5-2)39(32-18-9-6-10-19-32)35-26-30(38-25-16-15-24-37(38)29(3)41)27-36(28-35)40(33-20-11-7-12-21-33)34-22-13-8-14-23-34/h4-28H,1-2H2,3H3/b31-17+. The zero-order valence-electron chi connectivity index (χ0n) is 23.2. The molecule has 0 aliphatic heterocycles. The third kappa shape index (κ3) is 5.95. The van der Waals surface area contributed by atoms with Crippen LogP contribution in [0.1, 0.15) is 17.3 Å². The number of anilines is 5. The van der Waals surface area contributed by atoms with Crippen molar-refractivity contribution in [3.63, 3.8) is 0 Å². The first-order chi connectivity index (χ1) is 20.1. The second kappa shape index (κ2) is 12.6. The Morgan fingerprint density at radius 1 is 0.610 bits per heavy atom. The Hall–Kier alpha value is -5.41. The first-order valence-corrected chi connectivity index (χ1v) is 13.6. The van der Waals surface area contributed by atoms with Crippen LogP contribution in [-0.4, -0.2) is 5.78 Å². The number of para-hydroxylation sites is 3. The molecule has 5 rings (SSSR count). The lowest BCUT2D eigenvalue weighted by Gasteiger charge is -2.30. The Bertz CT molecular complexity index is 1650. The van der Waals surface area contributed by atoms with Gasteiger partial charge in [-0.25, -0.2) is 0 Å². The summed E-state index contributed by atoms with van der Waals surface area (Å²) in [5.41, 5.74) is 8.28. The maximum Gasteiger partial charge on any atom is 0.160 e. The number of ketones is 1. The fourth-order valence-corrected chi connectivity index (χ4v) is 5.03. The molecule has 0 aliphatic carbocycles.